The minimum absolute atomic E-state index is 0.0971. The number of amides is 1. The Hall–Kier alpha value is -2.26. The first-order chi connectivity index (χ1) is 14.7. The van der Waals surface area contributed by atoms with Crippen molar-refractivity contribution in [3.63, 3.8) is 0 Å². The number of aromatic nitrogens is 5. The first-order valence-corrected chi connectivity index (χ1v) is 12.2. The molecule has 158 valence electrons. The fourth-order valence-corrected chi connectivity index (χ4v) is 5.33. The second-order valence-corrected chi connectivity index (χ2v) is 9.51. The topological polar surface area (TPSA) is 85.6 Å². The molecule has 0 radical (unpaired) electrons. The lowest BCUT2D eigenvalue weighted by atomic mass is 9.90. The predicted molar refractivity (Wildman–Crippen MR) is 120 cm³/mol. The molecule has 7 nitrogen and oxygen atoms in total. The number of hydrogen-bond donors (Lipinski definition) is 1. The second kappa shape index (κ2) is 10.2. The molecular weight excluding hydrogens is 416 g/mol. The van der Waals surface area contributed by atoms with E-state index in [1.54, 1.807) is 0 Å². The predicted octanol–water partition coefficient (Wildman–Crippen LogP) is 4.23. The van der Waals surface area contributed by atoms with Crippen LogP contribution in [0.15, 0.2) is 35.5 Å². The maximum atomic E-state index is 12.3. The normalized spacial score (nSPS) is 14.7. The molecule has 3 aromatic rings. The molecule has 2 heterocycles. The summed E-state index contributed by atoms with van der Waals surface area (Å²) in [4.78, 5) is 12.3. The Morgan fingerprint density at radius 3 is 2.70 bits per heavy atom. The summed E-state index contributed by atoms with van der Waals surface area (Å²) in [6, 6.07) is 10.3. The highest BCUT2D eigenvalue weighted by Crippen LogP contribution is 2.35. The van der Waals surface area contributed by atoms with Gasteiger partial charge in [0.2, 0.25) is 11.0 Å². The lowest BCUT2D eigenvalue weighted by Crippen LogP contribution is -2.14. The molecule has 1 aromatic carbocycles. The maximum Gasteiger partial charge on any atom is 0.236 e. The molecule has 0 bridgehead atoms. The molecule has 30 heavy (non-hydrogen) atoms. The Morgan fingerprint density at radius 2 is 1.90 bits per heavy atom. The van der Waals surface area contributed by atoms with Crippen LogP contribution in [0, 0.1) is 0 Å². The van der Waals surface area contributed by atoms with Crippen molar-refractivity contribution in [3.8, 4) is 0 Å². The first-order valence-electron chi connectivity index (χ1n) is 10.4. The van der Waals surface area contributed by atoms with Crippen LogP contribution in [-0.2, 0) is 24.7 Å². The molecule has 0 aliphatic heterocycles. The Balaban J connectivity index is 1.26. The third kappa shape index (κ3) is 5.46. The molecule has 0 atom stereocenters. The average Bonchev–Trinajstić information content (AvgIpc) is 3.39. The van der Waals surface area contributed by atoms with Gasteiger partial charge in [-0.3, -0.25) is 10.1 Å². The number of aryl methyl sites for hydroxylation is 2. The number of nitrogens with one attached hydrogen (secondary N) is 1. The van der Waals surface area contributed by atoms with Gasteiger partial charge in [-0.05, 0) is 24.8 Å². The third-order valence-corrected chi connectivity index (χ3v) is 7.40. The van der Waals surface area contributed by atoms with Crippen molar-refractivity contribution in [2.24, 2.45) is 7.05 Å². The van der Waals surface area contributed by atoms with Gasteiger partial charge < -0.3 is 4.57 Å². The summed E-state index contributed by atoms with van der Waals surface area (Å²) in [6.07, 6.45) is 7.91. The summed E-state index contributed by atoms with van der Waals surface area (Å²) in [6.45, 7) is 0. The number of hydrogen-bond acceptors (Lipinski definition) is 7. The Labute approximate surface area is 184 Å². The van der Waals surface area contributed by atoms with Crippen molar-refractivity contribution in [2.75, 3.05) is 11.1 Å². The molecule has 0 unspecified atom stereocenters. The van der Waals surface area contributed by atoms with Crippen molar-refractivity contribution >= 4 is 34.1 Å². The van der Waals surface area contributed by atoms with Gasteiger partial charge in [-0.2, -0.15) is 0 Å². The maximum absolute atomic E-state index is 12.3. The molecule has 4 rings (SSSR count). The van der Waals surface area contributed by atoms with E-state index in [1.165, 1.54) is 60.8 Å². The molecular formula is C21H26N6OS2. The smallest absolute Gasteiger partial charge is 0.236 e. The van der Waals surface area contributed by atoms with Gasteiger partial charge in [-0.1, -0.05) is 72.7 Å². The van der Waals surface area contributed by atoms with Crippen molar-refractivity contribution in [1.82, 2.24) is 25.0 Å². The van der Waals surface area contributed by atoms with E-state index >= 15 is 0 Å². The third-order valence-electron chi connectivity index (χ3n) is 5.38. The number of rotatable bonds is 8. The Bertz CT molecular complexity index is 965. The van der Waals surface area contributed by atoms with Gasteiger partial charge in [0.1, 0.15) is 10.8 Å². The number of carbonyl (C=O) groups is 1. The summed E-state index contributed by atoms with van der Waals surface area (Å²) in [7, 11) is 1.95. The van der Waals surface area contributed by atoms with E-state index in [0.717, 1.165) is 28.8 Å². The molecule has 0 spiro atoms. The van der Waals surface area contributed by atoms with E-state index in [-0.39, 0.29) is 11.7 Å². The van der Waals surface area contributed by atoms with Crippen LogP contribution in [0.2, 0.25) is 0 Å². The van der Waals surface area contributed by atoms with Gasteiger partial charge in [0.05, 0.1) is 5.75 Å². The molecule has 1 saturated carbocycles. The number of nitrogens with zero attached hydrogens (tertiary/aromatic N) is 5. The van der Waals surface area contributed by atoms with Gasteiger partial charge in [0.25, 0.3) is 0 Å². The van der Waals surface area contributed by atoms with Crippen LogP contribution in [-0.4, -0.2) is 36.6 Å². The molecule has 0 saturated heterocycles. The summed E-state index contributed by atoms with van der Waals surface area (Å²) >= 11 is 2.89. The van der Waals surface area contributed by atoms with Crippen LogP contribution in [0.1, 0.15) is 54.4 Å². The lowest BCUT2D eigenvalue weighted by molar-refractivity contribution is -0.113. The zero-order valence-corrected chi connectivity index (χ0v) is 18.7. The van der Waals surface area contributed by atoms with Crippen molar-refractivity contribution < 1.29 is 4.79 Å². The number of benzene rings is 1. The molecule has 2 aromatic heterocycles. The number of thioether (sulfide) groups is 1. The zero-order chi connectivity index (χ0) is 20.8. The van der Waals surface area contributed by atoms with E-state index in [4.69, 9.17) is 0 Å². The minimum atomic E-state index is -0.0971. The van der Waals surface area contributed by atoms with E-state index in [0.29, 0.717) is 11.0 Å². The molecule has 1 amide bonds. The van der Waals surface area contributed by atoms with Gasteiger partial charge in [-0.15, -0.1) is 20.4 Å². The SMILES string of the molecule is Cn1c(CCc2ccccc2)nnc1SCC(=O)Nc1nnc(C2CCCCC2)s1. The van der Waals surface area contributed by atoms with E-state index in [2.05, 4.69) is 37.8 Å². The summed E-state index contributed by atoms with van der Waals surface area (Å²) < 4.78 is 1.97. The fraction of sp³-hybridized carbons (Fsp3) is 0.476. The van der Waals surface area contributed by atoms with Crippen LogP contribution in [0.25, 0.3) is 0 Å². The molecule has 1 fully saturated rings. The van der Waals surface area contributed by atoms with Gasteiger partial charge in [0.15, 0.2) is 5.16 Å². The first kappa shape index (κ1) is 21.0. The van der Waals surface area contributed by atoms with E-state index in [1.807, 2.05) is 29.8 Å². The number of anilines is 1. The molecule has 1 aliphatic carbocycles. The largest absolute Gasteiger partial charge is 0.309 e. The molecule has 1 aliphatic rings. The van der Waals surface area contributed by atoms with Crippen LogP contribution in [0.3, 0.4) is 0 Å². The van der Waals surface area contributed by atoms with E-state index in [9.17, 15) is 4.79 Å². The van der Waals surface area contributed by atoms with E-state index < -0.39 is 0 Å². The highest BCUT2D eigenvalue weighted by molar-refractivity contribution is 7.99. The zero-order valence-electron chi connectivity index (χ0n) is 17.1. The summed E-state index contributed by atoms with van der Waals surface area (Å²) in [5, 5.41) is 22.2. The van der Waals surface area contributed by atoms with Crippen LogP contribution in [0.4, 0.5) is 5.13 Å². The summed E-state index contributed by atoms with van der Waals surface area (Å²) in [5.74, 6) is 1.59. The highest BCUT2D eigenvalue weighted by Gasteiger charge is 2.20. The highest BCUT2D eigenvalue weighted by atomic mass is 32.2. The standard InChI is InChI=1S/C21H26N6OS2/c1-27-17(13-12-15-8-4-2-5-9-15)23-26-21(27)29-14-18(28)22-20-25-24-19(30-20)16-10-6-3-7-11-16/h2,4-5,8-9,16H,3,6-7,10-14H2,1H3,(H,22,25,28). The fourth-order valence-electron chi connectivity index (χ4n) is 3.67. The van der Waals surface area contributed by atoms with Gasteiger partial charge in [0, 0.05) is 19.4 Å². The second-order valence-electron chi connectivity index (χ2n) is 7.56. The number of carbonyl (C=O) groups excluding carboxylic acids is 1. The quantitative estimate of drug-likeness (QED) is 0.526. The summed E-state index contributed by atoms with van der Waals surface area (Å²) in [5.41, 5.74) is 1.28. The van der Waals surface area contributed by atoms with Crippen molar-refractivity contribution in [3.05, 3.63) is 46.7 Å². The average molecular weight is 443 g/mol. The monoisotopic (exact) mass is 442 g/mol. The Morgan fingerprint density at radius 1 is 1.10 bits per heavy atom. The van der Waals surface area contributed by atoms with Crippen LogP contribution in [0.5, 0.6) is 0 Å². The van der Waals surface area contributed by atoms with Crippen molar-refractivity contribution in [2.45, 2.75) is 56.0 Å². The Kier molecular flexibility index (Phi) is 7.11. The van der Waals surface area contributed by atoms with Gasteiger partial charge >= 0.3 is 0 Å². The molecule has 9 heteroatoms. The van der Waals surface area contributed by atoms with Gasteiger partial charge in [-0.25, -0.2) is 0 Å². The lowest BCUT2D eigenvalue weighted by Gasteiger charge is -2.18. The van der Waals surface area contributed by atoms with Crippen LogP contribution < -0.4 is 5.32 Å². The molecule has 1 N–H and O–H groups in total. The van der Waals surface area contributed by atoms with Crippen LogP contribution >= 0.6 is 23.1 Å². The van der Waals surface area contributed by atoms with Crippen molar-refractivity contribution in [1.29, 1.82) is 0 Å². The minimum Gasteiger partial charge on any atom is -0.309 e.